The molecule has 1 aliphatic heterocycles. The number of rotatable bonds is 6. The van der Waals surface area contributed by atoms with Crippen LogP contribution in [0.1, 0.15) is 39.0 Å². The van der Waals surface area contributed by atoms with Crippen molar-refractivity contribution in [2.75, 3.05) is 52.4 Å². The van der Waals surface area contributed by atoms with Crippen molar-refractivity contribution in [2.45, 2.75) is 45.1 Å². The van der Waals surface area contributed by atoms with Gasteiger partial charge in [0, 0.05) is 32.2 Å². The Morgan fingerprint density at radius 3 is 2.55 bits per heavy atom. The van der Waals surface area contributed by atoms with Crippen LogP contribution >= 0.6 is 0 Å². The van der Waals surface area contributed by atoms with E-state index in [9.17, 15) is 0 Å². The highest BCUT2D eigenvalue weighted by molar-refractivity contribution is 4.84. The second-order valence-electron chi connectivity index (χ2n) is 6.43. The van der Waals surface area contributed by atoms with Crippen LogP contribution in [0.4, 0.5) is 0 Å². The normalized spacial score (nSPS) is 30.3. The summed E-state index contributed by atoms with van der Waals surface area (Å²) < 4.78 is 0. The summed E-state index contributed by atoms with van der Waals surface area (Å²) in [5.41, 5.74) is 0. The van der Waals surface area contributed by atoms with E-state index < -0.39 is 0 Å². The smallest absolute Gasteiger partial charge is 0.0558 e. The van der Waals surface area contributed by atoms with Gasteiger partial charge in [0.1, 0.15) is 0 Å². The van der Waals surface area contributed by atoms with E-state index >= 15 is 0 Å². The van der Waals surface area contributed by atoms with Crippen molar-refractivity contribution >= 4 is 0 Å². The molecule has 4 nitrogen and oxygen atoms in total. The Balaban J connectivity index is 1.79. The van der Waals surface area contributed by atoms with Crippen LogP contribution in [0.15, 0.2) is 0 Å². The van der Waals surface area contributed by atoms with Crippen LogP contribution in [0.2, 0.25) is 0 Å². The van der Waals surface area contributed by atoms with Gasteiger partial charge in [0.15, 0.2) is 0 Å². The molecule has 2 unspecified atom stereocenters. The lowest BCUT2D eigenvalue weighted by Gasteiger charge is -2.35. The van der Waals surface area contributed by atoms with Gasteiger partial charge in [0.2, 0.25) is 0 Å². The van der Waals surface area contributed by atoms with Gasteiger partial charge < -0.3 is 15.3 Å². The molecule has 0 aromatic heterocycles. The first kappa shape index (κ1) is 16.2. The number of aliphatic hydroxyl groups excluding tert-OH is 1. The summed E-state index contributed by atoms with van der Waals surface area (Å²) in [5.74, 6) is 0.841. The van der Waals surface area contributed by atoms with Gasteiger partial charge in [0.05, 0.1) is 6.61 Å². The summed E-state index contributed by atoms with van der Waals surface area (Å²) in [6, 6.07) is 0.741. The number of aliphatic hydroxyl groups is 1. The van der Waals surface area contributed by atoms with Gasteiger partial charge in [-0.05, 0) is 44.8 Å². The zero-order valence-electron chi connectivity index (χ0n) is 13.2. The highest BCUT2D eigenvalue weighted by Gasteiger charge is 2.26. The molecule has 0 spiro atoms. The van der Waals surface area contributed by atoms with Gasteiger partial charge in [-0.25, -0.2) is 0 Å². The van der Waals surface area contributed by atoms with E-state index in [1.807, 2.05) is 0 Å². The molecule has 1 heterocycles. The Kier molecular flexibility index (Phi) is 7.28. The van der Waals surface area contributed by atoms with E-state index in [1.165, 1.54) is 51.7 Å². The van der Waals surface area contributed by atoms with E-state index in [2.05, 4.69) is 22.0 Å². The van der Waals surface area contributed by atoms with Crippen LogP contribution in [0.3, 0.4) is 0 Å². The molecule has 2 aliphatic rings. The molecule has 118 valence electrons. The summed E-state index contributed by atoms with van der Waals surface area (Å²) in [4.78, 5) is 5.07. The summed E-state index contributed by atoms with van der Waals surface area (Å²) in [6.07, 6.45) is 6.82. The molecular weight excluding hydrogens is 250 g/mol. The lowest BCUT2D eigenvalue weighted by molar-refractivity contribution is 0.165. The molecule has 2 atom stereocenters. The molecule has 0 bridgehead atoms. The fraction of sp³-hybridized carbons (Fsp3) is 1.00. The fourth-order valence-corrected chi connectivity index (χ4v) is 3.86. The van der Waals surface area contributed by atoms with E-state index in [4.69, 9.17) is 5.11 Å². The molecule has 2 fully saturated rings. The Hall–Kier alpha value is -0.160. The Morgan fingerprint density at radius 1 is 1.00 bits per heavy atom. The van der Waals surface area contributed by atoms with Crippen molar-refractivity contribution in [1.82, 2.24) is 15.1 Å². The summed E-state index contributed by atoms with van der Waals surface area (Å²) in [6.45, 7) is 10.4. The predicted octanol–water partition coefficient (Wildman–Crippen LogP) is 1.15. The molecule has 2 N–H and O–H groups in total. The van der Waals surface area contributed by atoms with Crippen molar-refractivity contribution in [2.24, 2.45) is 5.92 Å². The summed E-state index contributed by atoms with van der Waals surface area (Å²) in [5, 5.41) is 12.8. The maximum absolute atomic E-state index is 9.07. The largest absolute Gasteiger partial charge is 0.395 e. The minimum atomic E-state index is 0.297. The van der Waals surface area contributed by atoms with Crippen molar-refractivity contribution in [3.63, 3.8) is 0 Å². The number of hydrogen-bond donors (Lipinski definition) is 2. The van der Waals surface area contributed by atoms with E-state index in [1.54, 1.807) is 0 Å². The molecule has 0 aromatic carbocycles. The standard InChI is InChI=1S/C16H33N3O/c1-2-17-16-7-4-3-6-15(16)14-19-9-5-8-18(10-11-19)12-13-20/h15-17,20H,2-14H2,1H3. The predicted molar refractivity (Wildman–Crippen MR) is 84.0 cm³/mol. The second-order valence-corrected chi connectivity index (χ2v) is 6.43. The van der Waals surface area contributed by atoms with Crippen LogP contribution in [0, 0.1) is 5.92 Å². The third-order valence-corrected chi connectivity index (χ3v) is 4.97. The zero-order valence-corrected chi connectivity index (χ0v) is 13.2. The van der Waals surface area contributed by atoms with Gasteiger partial charge in [-0.2, -0.15) is 0 Å². The molecule has 20 heavy (non-hydrogen) atoms. The Morgan fingerprint density at radius 2 is 1.75 bits per heavy atom. The fourth-order valence-electron chi connectivity index (χ4n) is 3.86. The van der Waals surface area contributed by atoms with Crippen molar-refractivity contribution in [1.29, 1.82) is 0 Å². The number of nitrogens with one attached hydrogen (secondary N) is 1. The molecule has 1 aliphatic carbocycles. The van der Waals surface area contributed by atoms with Crippen molar-refractivity contribution < 1.29 is 5.11 Å². The van der Waals surface area contributed by atoms with Gasteiger partial charge in [-0.15, -0.1) is 0 Å². The zero-order chi connectivity index (χ0) is 14.2. The molecule has 0 aromatic rings. The third kappa shape index (κ3) is 4.99. The van der Waals surface area contributed by atoms with Gasteiger partial charge in [0.25, 0.3) is 0 Å². The molecule has 4 heteroatoms. The first-order chi connectivity index (χ1) is 9.83. The van der Waals surface area contributed by atoms with Crippen LogP contribution in [0.25, 0.3) is 0 Å². The number of nitrogens with zero attached hydrogens (tertiary/aromatic N) is 2. The van der Waals surface area contributed by atoms with Gasteiger partial charge >= 0.3 is 0 Å². The number of hydrogen-bond acceptors (Lipinski definition) is 4. The van der Waals surface area contributed by atoms with Crippen LogP contribution in [-0.4, -0.2) is 73.4 Å². The summed E-state index contributed by atoms with van der Waals surface area (Å²) in [7, 11) is 0. The average Bonchev–Trinajstić information content (AvgIpc) is 2.68. The molecule has 1 saturated heterocycles. The average molecular weight is 283 g/mol. The minimum absolute atomic E-state index is 0.297. The maximum Gasteiger partial charge on any atom is 0.0558 e. The summed E-state index contributed by atoms with van der Waals surface area (Å²) >= 11 is 0. The molecular formula is C16H33N3O. The topological polar surface area (TPSA) is 38.7 Å². The molecule has 2 rings (SSSR count). The van der Waals surface area contributed by atoms with E-state index in [0.717, 1.165) is 38.1 Å². The monoisotopic (exact) mass is 283 g/mol. The van der Waals surface area contributed by atoms with Gasteiger partial charge in [-0.3, -0.25) is 4.90 Å². The van der Waals surface area contributed by atoms with Crippen LogP contribution in [-0.2, 0) is 0 Å². The molecule has 0 amide bonds. The quantitative estimate of drug-likeness (QED) is 0.767. The highest BCUT2D eigenvalue weighted by Crippen LogP contribution is 2.25. The van der Waals surface area contributed by atoms with Gasteiger partial charge in [-0.1, -0.05) is 19.8 Å². The first-order valence-corrected chi connectivity index (χ1v) is 8.62. The van der Waals surface area contributed by atoms with E-state index in [0.29, 0.717) is 6.61 Å². The van der Waals surface area contributed by atoms with Crippen LogP contribution in [0.5, 0.6) is 0 Å². The molecule has 0 radical (unpaired) electrons. The minimum Gasteiger partial charge on any atom is -0.395 e. The first-order valence-electron chi connectivity index (χ1n) is 8.62. The van der Waals surface area contributed by atoms with E-state index in [-0.39, 0.29) is 0 Å². The third-order valence-electron chi connectivity index (χ3n) is 4.97. The molecule has 1 saturated carbocycles. The SMILES string of the molecule is CCNC1CCCCC1CN1CCCN(CCO)CC1. The lowest BCUT2D eigenvalue weighted by Crippen LogP contribution is -2.45. The number of β-amino-alcohol motifs (C(OH)–C–C–N with tert-alkyl or cyclic N) is 1. The lowest BCUT2D eigenvalue weighted by atomic mass is 9.84. The van der Waals surface area contributed by atoms with Crippen molar-refractivity contribution in [3.8, 4) is 0 Å². The van der Waals surface area contributed by atoms with Crippen molar-refractivity contribution in [3.05, 3.63) is 0 Å². The maximum atomic E-state index is 9.07. The second kappa shape index (κ2) is 8.98. The Bertz CT molecular complexity index is 260. The Labute approximate surface area is 124 Å². The highest BCUT2D eigenvalue weighted by atomic mass is 16.3. The van der Waals surface area contributed by atoms with Crippen LogP contribution < -0.4 is 5.32 Å².